The summed E-state index contributed by atoms with van der Waals surface area (Å²) in [6.45, 7) is 8.50. The summed E-state index contributed by atoms with van der Waals surface area (Å²) in [6.07, 6.45) is 6.87. The van der Waals surface area contributed by atoms with Crippen LogP contribution in [0.5, 0.6) is 0 Å². The smallest absolute Gasteiger partial charge is 0.281 e. The van der Waals surface area contributed by atoms with Crippen LogP contribution in [-0.2, 0) is 25.5 Å². The molecule has 1 aromatic carbocycles. The summed E-state index contributed by atoms with van der Waals surface area (Å²) in [4.78, 5) is 50.8. The minimum absolute atomic E-state index is 0.150. The highest BCUT2D eigenvalue weighted by Crippen LogP contribution is 2.49. The molecule has 224 valence electrons. The second-order valence-electron chi connectivity index (χ2n) is 13.3. The van der Waals surface area contributed by atoms with Crippen molar-refractivity contribution in [2.75, 3.05) is 20.1 Å². The lowest BCUT2D eigenvalue weighted by molar-refractivity contribution is -0.324. The molecule has 3 amide bonds. The van der Waals surface area contributed by atoms with Crippen LogP contribution in [0.15, 0.2) is 30.5 Å². The molecule has 7 rings (SSSR count). The van der Waals surface area contributed by atoms with E-state index in [1.807, 2.05) is 46.9 Å². The fourth-order valence-electron chi connectivity index (χ4n) is 8.11. The highest BCUT2D eigenvalue weighted by atomic mass is 16.7. The Morgan fingerprint density at radius 1 is 1.26 bits per heavy atom. The Kier molecular flexibility index (Phi) is 6.18. The first kappa shape index (κ1) is 27.6. The Morgan fingerprint density at radius 2 is 2.05 bits per heavy atom. The van der Waals surface area contributed by atoms with Gasteiger partial charge in [-0.15, -0.1) is 0 Å². The number of aromatic nitrogens is 1. The summed E-state index contributed by atoms with van der Waals surface area (Å²) in [5, 5.41) is 16.4. The lowest BCUT2D eigenvalue weighted by atomic mass is 9.79. The largest absolute Gasteiger partial charge is 0.361 e. The van der Waals surface area contributed by atoms with Gasteiger partial charge in [-0.1, -0.05) is 52.3 Å². The maximum atomic E-state index is 14.4. The molecule has 0 radical (unpaired) electrons. The monoisotopic (exact) mass is 575 g/mol. The second kappa shape index (κ2) is 9.39. The molecule has 0 saturated carbocycles. The predicted octanol–water partition coefficient (Wildman–Crippen LogP) is 2.43. The van der Waals surface area contributed by atoms with Crippen molar-refractivity contribution in [2.24, 2.45) is 17.8 Å². The number of fused-ring (bicyclic) bond motifs is 5. The molecule has 1 aliphatic carbocycles. The number of hydrogen-bond acceptors (Lipinski definition) is 6. The number of carbonyl (C=O) groups excluding carboxylic acids is 3. The number of ether oxygens (including phenoxy) is 1. The number of carbonyl (C=O) groups is 3. The van der Waals surface area contributed by atoms with Crippen LogP contribution < -0.4 is 5.32 Å². The molecule has 2 aromatic rings. The van der Waals surface area contributed by atoms with E-state index in [-0.39, 0.29) is 23.8 Å². The van der Waals surface area contributed by atoms with Crippen LogP contribution in [0, 0.1) is 17.8 Å². The Hall–Kier alpha value is -3.21. The molecule has 10 nitrogen and oxygen atoms in total. The molecule has 4 aliphatic heterocycles. The average Bonchev–Trinajstić information content (AvgIpc) is 3.68. The number of nitrogens with one attached hydrogen (secondary N) is 2. The van der Waals surface area contributed by atoms with Gasteiger partial charge in [-0.2, -0.15) is 0 Å². The number of likely N-dealkylation sites (N-methyl/N-ethyl adjacent to an activating group) is 1. The third-order valence-corrected chi connectivity index (χ3v) is 10.6. The summed E-state index contributed by atoms with van der Waals surface area (Å²) in [7, 11) is 2.03. The molecular formula is C32H41N5O5. The molecule has 5 aliphatic rings. The number of benzene rings is 1. The standard InChI is InChI=1S/C32H41N5O5/c1-6-18(4)27-29(39)36-12-8-11-25(36)32(41)37(27)30(40)31(42-32,17(2)3)34-28(38)20-13-22-21-9-7-10-23-26(21)19(15-33-23)14-24(22)35(5)16-20/h7,9-10,13,15,17-18,20,24-25,27,33,41H,6,8,11-12,14,16H2,1-5H3,(H,34,38)/t18?,20?,24?,25?,27?,31-,32+/m1/s1. The van der Waals surface area contributed by atoms with E-state index in [2.05, 4.69) is 33.5 Å². The van der Waals surface area contributed by atoms with Crippen molar-refractivity contribution in [3.8, 4) is 0 Å². The first-order valence-corrected chi connectivity index (χ1v) is 15.4. The topological polar surface area (TPSA) is 118 Å². The van der Waals surface area contributed by atoms with Gasteiger partial charge in [0.2, 0.25) is 17.5 Å². The molecule has 1 aromatic heterocycles. The molecule has 7 atom stereocenters. The number of aromatic amines is 1. The Bertz CT molecular complexity index is 1520. The molecule has 0 spiro atoms. The molecule has 3 fully saturated rings. The summed E-state index contributed by atoms with van der Waals surface area (Å²) in [5.74, 6) is -4.28. The number of aliphatic hydroxyl groups is 1. The van der Waals surface area contributed by atoms with Crippen molar-refractivity contribution >= 4 is 34.2 Å². The van der Waals surface area contributed by atoms with Crippen LogP contribution in [0.4, 0.5) is 0 Å². The third-order valence-electron chi connectivity index (χ3n) is 10.6. The molecule has 3 N–H and O–H groups in total. The summed E-state index contributed by atoms with van der Waals surface area (Å²) < 4.78 is 6.45. The number of nitrogens with zero attached hydrogens (tertiary/aromatic N) is 3. The number of H-pyrrole nitrogens is 1. The summed E-state index contributed by atoms with van der Waals surface area (Å²) in [6, 6.07) is 4.82. The SMILES string of the molecule is CCC(C)C1C(=O)N2CCCC2[C@]2(O)O[C@](NC(=O)C3C=C4c5cccc6[nH]cc(c56)CC4N(C)C3)(C(C)C)C(=O)N12. The van der Waals surface area contributed by atoms with Crippen molar-refractivity contribution in [3.63, 3.8) is 0 Å². The van der Waals surface area contributed by atoms with Crippen molar-refractivity contribution in [1.29, 1.82) is 0 Å². The van der Waals surface area contributed by atoms with Crippen molar-refractivity contribution in [1.82, 2.24) is 25.0 Å². The van der Waals surface area contributed by atoms with Crippen molar-refractivity contribution < 1.29 is 24.2 Å². The number of hydrogen-bond donors (Lipinski definition) is 3. The average molecular weight is 576 g/mol. The normalized spacial score (nSPS) is 34.9. The van der Waals surface area contributed by atoms with E-state index in [0.29, 0.717) is 25.9 Å². The van der Waals surface area contributed by atoms with E-state index in [4.69, 9.17) is 4.74 Å². The fraction of sp³-hybridized carbons (Fsp3) is 0.594. The predicted molar refractivity (Wildman–Crippen MR) is 156 cm³/mol. The van der Waals surface area contributed by atoms with E-state index in [0.717, 1.165) is 29.5 Å². The number of amides is 3. The molecule has 5 unspecified atom stereocenters. The van der Waals surface area contributed by atoms with Gasteiger partial charge in [0.15, 0.2) is 0 Å². The molecule has 3 saturated heterocycles. The van der Waals surface area contributed by atoms with Gasteiger partial charge in [0.1, 0.15) is 12.1 Å². The third kappa shape index (κ3) is 3.58. The minimum atomic E-state index is -2.01. The van der Waals surface area contributed by atoms with Crippen LogP contribution in [0.3, 0.4) is 0 Å². The quantitative estimate of drug-likeness (QED) is 0.504. The van der Waals surface area contributed by atoms with Gasteiger partial charge < -0.3 is 20.3 Å². The fourth-order valence-corrected chi connectivity index (χ4v) is 8.11. The second-order valence-corrected chi connectivity index (χ2v) is 13.3. The van der Waals surface area contributed by atoms with Gasteiger partial charge in [0.25, 0.3) is 11.8 Å². The Labute approximate surface area is 246 Å². The number of rotatable bonds is 5. The highest BCUT2D eigenvalue weighted by Gasteiger charge is 2.72. The van der Waals surface area contributed by atoms with Gasteiger partial charge in [0, 0.05) is 42.1 Å². The summed E-state index contributed by atoms with van der Waals surface area (Å²) in [5.41, 5.74) is 2.79. The van der Waals surface area contributed by atoms with Crippen LogP contribution in [-0.4, -0.2) is 92.4 Å². The lowest BCUT2D eigenvalue weighted by Crippen LogP contribution is -2.72. The minimum Gasteiger partial charge on any atom is -0.361 e. The molecule has 5 heterocycles. The van der Waals surface area contributed by atoms with E-state index >= 15 is 0 Å². The van der Waals surface area contributed by atoms with Gasteiger partial charge in [-0.25, -0.2) is 0 Å². The first-order valence-electron chi connectivity index (χ1n) is 15.4. The van der Waals surface area contributed by atoms with Crippen LogP contribution in [0.25, 0.3) is 16.5 Å². The van der Waals surface area contributed by atoms with E-state index in [9.17, 15) is 19.5 Å². The zero-order valence-electron chi connectivity index (χ0n) is 25.0. The van der Waals surface area contributed by atoms with Crippen LogP contribution in [0.2, 0.25) is 0 Å². The summed E-state index contributed by atoms with van der Waals surface area (Å²) >= 11 is 0. The number of piperazine rings is 1. The van der Waals surface area contributed by atoms with Crippen molar-refractivity contribution in [2.45, 2.75) is 83.1 Å². The van der Waals surface area contributed by atoms with E-state index < -0.39 is 41.5 Å². The molecule has 0 bridgehead atoms. The van der Waals surface area contributed by atoms with Crippen molar-refractivity contribution in [3.05, 3.63) is 41.6 Å². The maximum Gasteiger partial charge on any atom is 0.281 e. The van der Waals surface area contributed by atoms with Gasteiger partial charge >= 0.3 is 0 Å². The highest BCUT2D eigenvalue weighted by molar-refractivity contribution is 6.01. The Morgan fingerprint density at radius 3 is 2.79 bits per heavy atom. The van der Waals surface area contributed by atoms with Gasteiger partial charge in [-0.3, -0.25) is 28.9 Å². The molecule has 42 heavy (non-hydrogen) atoms. The Balaban J connectivity index is 1.25. The lowest BCUT2D eigenvalue weighted by Gasteiger charge is -2.50. The van der Waals surface area contributed by atoms with Crippen LogP contribution >= 0.6 is 0 Å². The zero-order valence-corrected chi connectivity index (χ0v) is 25.0. The van der Waals surface area contributed by atoms with Gasteiger partial charge in [-0.05, 0) is 55.0 Å². The molecule has 10 heteroatoms. The molecular weight excluding hydrogens is 534 g/mol. The van der Waals surface area contributed by atoms with Crippen LogP contribution in [0.1, 0.15) is 58.1 Å². The van der Waals surface area contributed by atoms with E-state index in [1.54, 1.807) is 4.90 Å². The zero-order chi connectivity index (χ0) is 29.7. The van der Waals surface area contributed by atoms with E-state index in [1.165, 1.54) is 15.8 Å². The maximum absolute atomic E-state index is 14.4. The van der Waals surface area contributed by atoms with Gasteiger partial charge in [0.05, 0.1) is 5.92 Å². The first-order chi connectivity index (χ1) is 20.0.